The summed E-state index contributed by atoms with van der Waals surface area (Å²) in [5, 5.41) is 6.74. The summed E-state index contributed by atoms with van der Waals surface area (Å²) in [5.74, 6) is 1.37. The molecule has 6 nitrogen and oxygen atoms in total. The third-order valence-corrected chi connectivity index (χ3v) is 4.83. The smallest absolute Gasteiger partial charge is 0.225 e. The largest absolute Gasteiger partial charge is 0.354 e. The van der Waals surface area contributed by atoms with E-state index in [9.17, 15) is 0 Å². The molecular weight excluding hydrogens is 451 g/mol. The molecule has 0 bridgehead atoms. The Balaban J connectivity index is 1.85. The Morgan fingerprint density at radius 2 is 1.93 bits per heavy atom. The van der Waals surface area contributed by atoms with E-state index < -0.39 is 0 Å². The number of halogens is 1. The second-order valence-corrected chi connectivity index (χ2v) is 7.55. The van der Waals surface area contributed by atoms with Gasteiger partial charge in [-0.3, -0.25) is 4.98 Å². The first kappa shape index (κ1) is 19.5. The molecule has 3 aromatic rings. The van der Waals surface area contributed by atoms with E-state index in [4.69, 9.17) is 0 Å². The van der Waals surface area contributed by atoms with Crippen LogP contribution in [0.5, 0.6) is 0 Å². The maximum Gasteiger partial charge on any atom is 0.225 e. The number of para-hydroxylation sites is 1. The van der Waals surface area contributed by atoms with Gasteiger partial charge in [-0.2, -0.15) is 4.98 Å². The summed E-state index contributed by atoms with van der Waals surface area (Å²) in [6.45, 7) is 1.83. The summed E-state index contributed by atoms with van der Waals surface area (Å²) in [6.07, 6.45) is 4.59. The lowest BCUT2D eigenvalue weighted by Crippen LogP contribution is -2.17. The summed E-state index contributed by atoms with van der Waals surface area (Å²) in [5.41, 5.74) is 2.82. The van der Waals surface area contributed by atoms with Gasteiger partial charge in [0.2, 0.25) is 5.95 Å². The molecule has 0 saturated heterocycles. The van der Waals surface area contributed by atoms with Crippen molar-refractivity contribution in [1.82, 2.24) is 19.9 Å². The number of rotatable bonds is 8. The van der Waals surface area contributed by atoms with Crippen molar-refractivity contribution >= 4 is 40.0 Å². The van der Waals surface area contributed by atoms with E-state index in [0.29, 0.717) is 5.95 Å². The molecule has 1 aromatic carbocycles. The predicted octanol–water partition coefficient (Wildman–Crippen LogP) is 4.25. The number of nitrogens with zero attached hydrogens (tertiary/aromatic N) is 4. The fourth-order valence-corrected chi connectivity index (χ4v) is 3.07. The van der Waals surface area contributed by atoms with Crippen LogP contribution in [0.3, 0.4) is 0 Å². The van der Waals surface area contributed by atoms with Crippen LogP contribution < -0.4 is 10.6 Å². The van der Waals surface area contributed by atoms with Gasteiger partial charge in [0.1, 0.15) is 5.82 Å². The molecule has 0 radical (unpaired) electrons. The fourth-order valence-electron chi connectivity index (χ4n) is 2.55. The van der Waals surface area contributed by atoms with E-state index in [1.165, 1.54) is 0 Å². The van der Waals surface area contributed by atoms with Gasteiger partial charge in [0, 0.05) is 34.1 Å². The van der Waals surface area contributed by atoms with E-state index in [-0.39, 0.29) is 0 Å². The Kier molecular flexibility index (Phi) is 6.94. The van der Waals surface area contributed by atoms with Crippen LogP contribution in [0.2, 0.25) is 0 Å². The second kappa shape index (κ2) is 9.61. The standard InChI is InChI=1S/C20H23IN6/c1-27(2)12-6-11-23-20-25-18(15-7-5-10-22-14-15)13-19(26-20)24-17-9-4-3-8-16(17)21/h3-5,7-10,13-14H,6,11-12H2,1-2H3,(H2,23,24,25,26). The van der Waals surface area contributed by atoms with Crippen LogP contribution in [0.15, 0.2) is 54.9 Å². The molecule has 7 heteroatoms. The van der Waals surface area contributed by atoms with Crippen LogP contribution >= 0.6 is 22.6 Å². The number of anilines is 3. The minimum atomic E-state index is 0.614. The Hall–Kier alpha value is -2.26. The number of hydrogen-bond acceptors (Lipinski definition) is 6. The highest BCUT2D eigenvalue weighted by molar-refractivity contribution is 14.1. The van der Waals surface area contributed by atoms with Gasteiger partial charge in [-0.15, -0.1) is 0 Å². The minimum absolute atomic E-state index is 0.614. The lowest BCUT2D eigenvalue weighted by atomic mass is 10.2. The second-order valence-electron chi connectivity index (χ2n) is 6.39. The molecule has 0 saturated carbocycles. The Labute approximate surface area is 173 Å². The molecule has 0 fully saturated rings. The highest BCUT2D eigenvalue weighted by Gasteiger charge is 2.08. The third kappa shape index (κ3) is 5.86. The molecule has 27 heavy (non-hydrogen) atoms. The van der Waals surface area contributed by atoms with Gasteiger partial charge in [0.15, 0.2) is 0 Å². The molecule has 0 aliphatic rings. The minimum Gasteiger partial charge on any atom is -0.354 e. The van der Waals surface area contributed by atoms with Crippen molar-refractivity contribution in [2.45, 2.75) is 6.42 Å². The van der Waals surface area contributed by atoms with Crippen LogP contribution in [-0.4, -0.2) is 47.0 Å². The molecule has 3 rings (SSSR count). The van der Waals surface area contributed by atoms with Crippen LogP contribution in [-0.2, 0) is 0 Å². The zero-order valence-electron chi connectivity index (χ0n) is 15.5. The average molecular weight is 474 g/mol. The summed E-state index contributed by atoms with van der Waals surface area (Å²) >= 11 is 2.31. The van der Waals surface area contributed by atoms with Crippen molar-refractivity contribution in [3.05, 3.63) is 58.4 Å². The van der Waals surface area contributed by atoms with Crippen LogP contribution in [0.1, 0.15) is 6.42 Å². The third-order valence-electron chi connectivity index (χ3n) is 3.89. The first-order valence-electron chi connectivity index (χ1n) is 8.81. The molecule has 0 aliphatic carbocycles. The van der Waals surface area contributed by atoms with Crippen LogP contribution in [0.4, 0.5) is 17.5 Å². The molecule has 0 unspecified atom stereocenters. The molecule has 140 valence electrons. The van der Waals surface area contributed by atoms with Gasteiger partial charge in [-0.1, -0.05) is 12.1 Å². The number of nitrogens with one attached hydrogen (secondary N) is 2. The number of hydrogen-bond donors (Lipinski definition) is 2. The highest BCUT2D eigenvalue weighted by Crippen LogP contribution is 2.25. The number of pyridine rings is 1. The maximum absolute atomic E-state index is 4.67. The zero-order valence-corrected chi connectivity index (χ0v) is 17.6. The fraction of sp³-hybridized carbons (Fsp3) is 0.250. The van der Waals surface area contributed by atoms with E-state index in [2.05, 4.69) is 73.2 Å². The maximum atomic E-state index is 4.67. The van der Waals surface area contributed by atoms with E-state index in [1.807, 2.05) is 42.6 Å². The first-order valence-corrected chi connectivity index (χ1v) is 9.89. The lowest BCUT2D eigenvalue weighted by Gasteiger charge is -2.13. The Morgan fingerprint density at radius 3 is 2.67 bits per heavy atom. The van der Waals surface area contributed by atoms with E-state index in [0.717, 1.165) is 45.8 Å². The monoisotopic (exact) mass is 474 g/mol. The Bertz CT molecular complexity index is 869. The number of benzene rings is 1. The molecule has 0 amide bonds. The van der Waals surface area contributed by atoms with Crippen molar-refractivity contribution in [2.75, 3.05) is 37.8 Å². The summed E-state index contributed by atoms with van der Waals surface area (Å²) in [4.78, 5) is 15.7. The summed E-state index contributed by atoms with van der Waals surface area (Å²) in [7, 11) is 4.14. The van der Waals surface area contributed by atoms with Crippen molar-refractivity contribution in [3.63, 3.8) is 0 Å². The van der Waals surface area contributed by atoms with Crippen LogP contribution in [0.25, 0.3) is 11.3 Å². The first-order chi connectivity index (χ1) is 13.1. The quantitative estimate of drug-likeness (QED) is 0.376. The highest BCUT2D eigenvalue weighted by atomic mass is 127. The van der Waals surface area contributed by atoms with Crippen molar-refractivity contribution < 1.29 is 0 Å². The van der Waals surface area contributed by atoms with Gasteiger partial charge < -0.3 is 15.5 Å². The molecule has 0 spiro atoms. The van der Waals surface area contributed by atoms with Crippen molar-refractivity contribution in [1.29, 1.82) is 0 Å². The molecule has 2 N–H and O–H groups in total. The van der Waals surface area contributed by atoms with E-state index >= 15 is 0 Å². The summed E-state index contributed by atoms with van der Waals surface area (Å²) in [6, 6.07) is 14.0. The molecule has 2 heterocycles. The average Bonchev–Trinajstić information content (AvgIpc) is 2.67. The van der Waals surface area contributed by atoms with Gasteiger partial charge in [-0.05, 0) is 73.9 Å². The Morgan fingerprint density at radius 1 is 1.07 bits per heavy atom. The van der Waals surface area contributed by atoms with Gasteiger partial charge in [0.05, 0.1) is 11.4 Å². The normalized spacial score (nSPS) is 10.8. The SMILES string of the molecule is CN(C)CCCNc1nc(Nc2ccccc2I)cc(-c2cccnc2)n1. The van der Waals surface area contributed by atoms with Crippen molar-refractivity contribution in [2.24, 2.45) is 0 Å². The molecule has 2 aromatic heterocycles. The predicted molar refractivity (Wildman–Crippen MR) is 119 cm³/mol. The topological polar surface area (TPSA) is 66.0 Å². The van der Waals surface area contributed by atoms with Crippen molar-refractivity contribution in [3.8, 4) is 11.3 Å². The zero-order chi connectivity index (χ0) is 19.1. The molecular formula is C20H23IN6. The van der Waals surface area contributed by atoms with Gasteiger partial charge in [0.25, 0.3) is 0 Å². The van der Waals surface area contributed by atoms with Gasteiger partial charge in [-0.25, -0.2) is 4.98 Å². The van der Waals surface area contributed by atoms with Gasteiger partial charge >= 0.3 is 0 Å². The molecule has 0 aliphatic heterocycles. The summed E-state index contributed by atoms with van der Waals surface area (Å²) < 4.78 is 1.14. The number of aromatic nitrogens is 3. The van der Waals surface area contributed by atoms with Crippen LogP contribution in [0, 0.1) is 3.57 Å². The van der Waals surface area contributed by atoms with E-state index in [1.54, 1.807) is 6.20 Å². The molecule has 0 atom stereocenters. The lowest BCUT2D eigenvalue weighted by molar-refractivity contribution is 0.405.